The van der Waals surface area contributed by atoms with Gasteiger partial charge in [-0.25, -0.2) is 0 Å². The molecule has 134 valence electrons. The van der Waals surface area contributed by atoms with Crippen LogP contribution in [-0.2, 0) is 13.1 Å². The summed E-state index contributed by atoms with van der Waals surface area (Å²) in [6, 6.07) is 15.4. The number of aromatic nitrogens is 2. The summed E-state index contributed by atoms with van der Waals surface area (Å²) in [7, 11) is 0. The Morgan fingerprint density at radius 1 is 1.19 bits per heavy atom. The van der Waals surface area contributed by atoms with Crippen LogP contribution in [0.5, 0.6) is 0 Å². The van der Waals surface area contributed by atoms with Gasteiger partial charge >= 0.3 is 0 Å². The molecule has 1 N–H and O–H groups in total. The Bertz CT molecular complexity index is 938. The summed E-state index contributed by atoms with van der Waals surface area (Å²) in [6.45, 7) is 5.11. The number of hydrogen-bond donors (Lipinski definition) is 1. The lowest BCUT2D eigenvalue weighted by Gasteiger charge is -2.08. The molecule has 1 amide bonds. The Balaban J connectivity index is 1.73. The number of amides is 1. The van der Waals surface area contributed by atoms with Crippen LogP contribution in [0.4, 0.5) is 0 Å². The van der Waals surface area contributed by atoms with E-state index in [9.17, 15) is 4.79 Å². The topological polar surface area (TPSA) is 46.9 Å². The molecule has 0 bridgehead atoms. The summed E-state index contributed by atoms with van der Waals surface area (Å²) < 4.78 is 2.81. The van der Waals surface area contributed by atoms with E-state index in [1.54, 1.807) is 18.2 Å². The number of nitrogens with one attached hydrogen (secondary N) is 1. The van der Waals surface area contributed by atoms with Crippen molar-refractivity contribution >= 4 is 33.4 Å². The molecule has 0 radical (unpaired) electrons. The molecule has 3 aromatic rings. The quantitative estimate of drug-likeness (QED) is 0.624. The zero-order valence-electron chi connectivity index (χ0n) is 14.6. The van der Waals surface area contributed by atoms with Gasteiger partial charge in [-0.05, 0) is 37.6 Å². The van der Waals surface area contributed by atoms with Crippen molar-refractivity contribution in [3.8, 4) is 0 Å². The van der Waals surface area contributed by atoms with Crippen LogP contribution in [0, 0.1) is 13.8 Å². The van der Waals surface area contributed by atoms with Gasteiger partial charge < -0.3 is 5.32 Å². The number of halogens is 2. The first-order valence-corrected chi connectivity index (χ1v) is 9.43. The van der Waals surface area contributed by atoms with E-state index in [1.165, 1.54) is 5.56 Å². The molecule has 0 aliphatic heterocycles. The molecule has 0 spiro atoms. The molecule has 6 heteroatoms. The highest BCUT2D eigenvalue weighted by molar-refractivity contribution is 9.10. The average Bonchev–Trinajstić information content (AvgIpc) is 2.87. The molecule has 26 heavy (non-hydrogen) atoms. The number of carbonyl (C=O) groups is 1. The fourth-order valence-corrected chi connectivity index (χ4v) is 3.60. The zero-order valence-corrected chi connectivity index (χ0v) is 16.9. The second-order valence-corrected chi connectivity index (χ2v) is 7.42. The van der Waals surface area contributed by atoms with Crippen LogP contribution in [0.1, 0.15) is 32.9 Å². The molecule has 0 atom stereocenters. The minimum atomic E-state index is -0.197. The summed E-state index contributed by atoms with van der Waals surface area (Å²) in [5.74, 6) is -0.197. The first kappa shape index (κ1) is 18.7. The minimum Gasteiger partial charge on any atom is -0.348 e. The molecule has 1 aromatic heterocycles. The van der Waals surface area contributed by atoms with Crippen LogP contribution in [0.3, 0.4) is 0 Å². The second kappa shape index (κ2) is 8.06. The molecular weight excluding hydrogens is 414 g/mol. The van der Waals surface area contributed by atoms with E-state index in [2.05, 4.69) is 38.5 Å². The molecule has 0 aliphatic rings. The van der Waals surface area contributed by atoms with Crippen LogP contribution in [0.15, 0.2) is 53.0 Å². The summed E-state index contributed by atoms with van der Waals surface area (Å²) in [4.78, 5) is 12.4. The maximum atomic E-state index is 12.4. The molecule has 0 aliphatic carbocycles. The fourth-order valence-electron chi connectivity index (χ4n) is 2.84. The summed E-state index contributed by atoms with van der Waals surface area (Å²) >= 11 is 9.50. The Kier molecular flexibility index (Phi) is 5.79. The van der Waals surface area contributed by atoms with Gasteiger partial charge in [0.1, 0.15) is 0 Å². The van der Waals surface area contributed by atoms with Gasteiger partial charge in [-0.2, -0.15) is 5.10 Å². The molecule has 0 unspecified atom stereocenters. The lowest BCUT2D eigenvalue weighted by molar-refractivity contribution is 0.0951. The van der Waals surface area contributed by atoms with Crippen molar-refractivity contribution in [2.75, 3.05) is 0 Å². The Morgan fingerprint density at radius 2 is 1.92 bits per heavy atom. The molecule has 0 saturated heterocycles. The Morgan fingerprint density at radius 3 is 2.62 bits per heavy atom. The van der Waals surface area contributed by atoms with E-state index >= 15 is 0 Å². The van der Waals surface area contributed by atoms with Gasteiger partial charge in [0.05, 0.1) is 22.8 Å². The predicted octanol–water partition coefficient (Wildman–Crippen LogP) is 4.89. The van der Waals surface area contributed by atoms with Crippen LogP contribution in [0.2, 0.25) is 5.02 Å². The number of aryl methyl sites for hydroxylation is 1. The number of carbonyl (C=O) groups excluding carboxylic acids is 1. The van der Waals surface area contributed by atoms with Crippen molar-refractivity contribution < 1.29 is 4.79 Å². The highest BCUT2D eigenvalue weighted by atomic mass is 79.9. The minimum absolute atomic E-state index is 0.197. The smallest absolute Gasteiger partial charge is 0.253 e. The molecule has 1 heterocycles. The maximum absolute atomic E-state index is 12.4. The molecule has 0 saturated carbocycles. The Labute approximate surface area is 166 Å². The zero-order chi connectivity index (χ0) is 18.7. The fraction of sp³-hybridized carbons (Fsp3) is 0.200. The van der Waals surface area contributed by atoms with Gasteiger partial charge in [-0.1, -0.05) is 57.9 Å². The molecule has 4 nitrogen and oxygen atoms in total. The van der Waals surface area contributed by atoms with Crippen molar-refractivity contribution in [1.29, 1.82) is 0 Å². The van der Waals surface area contributed by atoms with Crippen molar-refractivity contribution in [2.45, 2.75) is 26.9 Å². The molecule has 2 aromatic carbocycles. The standard InChI is InChI=1S/C20H19BrClN3O/c1-13-18(11-23-20(26)17-9-8-16(21)10-19(17)22)14(2)25(24-13)12-15-6-4-3-5-7-15/h3-10H,11-12H2,1-2H3,(H,23,26). The molecule has 3 rings (SSSR count). The van der Waals surface area contributed by atoms with Crippen molar-refractivity contribution in [3.05, 3.63) is 86.1 Å². The highest BCUT2D eigenvalue weighted by Gasteiger charge is 2.15. The van der Waals surface area contributed by atoms with Crippen LogP contribution < -0.4 is 5.32 Å². The highest BCUT2D eigenvalue weighted by Crippen LogP contribution is 2.21. The van der Waals surface area contributed by atoms with E-state index in [1.807, 2.05) is 36.7 Å². The van der Waals surface area contributed by atoms with Crippen LogP contribution >= 0.6 is 27.5 Å². The molecule has 0 fully saturated rings. The van der Waals surface area contributed by atoms with Gasteiger partial charge in [0, 0.05) is 22.3 Å². The summed E-state index contributed by atoms with van der Waals surface area (Å²) in [5, 5.41) is 7.98. The summed E-state index contributed by atoms with van der Waals surface area (Å²) in [6.07, 6.45) is 0. The lowest BCUT2D eigenvalue weighted by Crippen LogP contribution is -2.23. The third kappa shape index (κ3) is 4.17. The maximum Gasteiger partial charge on any atom is 0.253 e. The monoisotopic (exact) mass is 431 g/mol. The van der Waals surface area contributed by atoms with Crippen molar-refractivity contribution in [3.63, 3.8) is 0 Å². The second-order valence-electron chi connectivity index (χ2n) is 6.10. The first-order valence-electron chi connectivity index (χ1n) is 8.25. The van der Waals surface area contributed by atoms with Crippen molar-refractivity contribution in [2.24, 2.45) is 0 Å². The van der Waals surface area contributed by atoms with Gasteiger partial charge in [0.15, 0.2) is 0 Å². The van der Waals surface area contributed by atoms with Gasteiger partial charge in [0.2, 0.25) is 0 Å². The summed E-state index contributed by atoms with van der Waals surface area (Å²) in [5.41, 5.74) is 4.65. The van der Waals surface area contributed by atoms with Gasteiger partial charge in [-0.15, -0.1) is 0 Å². The average molecular weight is 433 g/mol. The van der Waals surface area contributed by atoms with E-state index in [0.717, 1.165) is 21.4 Å². The number of benzene rings is 2. The van der Waals surface area contributed by atoms with Gasteiger partial charge in [-0.3, -0.25) is 9.48 Å². The normalized spacial score (nSPS) is 10.8. The number of nitrogens with zero attached hydrogens (tertiary/aromatic N) is 2. The van der Waals surface area contributed by atoms with E-state index in [0.29, 0.717) is 23.7 Å². The van der Waals surface area contributed by atoms with E-state index in [-0.39, 0.29) is 5.91 Å². The largest absolute Gasteiger partial charge is 0.348 e. The SMILES string of the molecule is Cc1nn(Cc2ccccc2)c(C)c1CNC(=O)c1ccc(Br)cc1Cl. The van der Waals surface area contributed by atoms with E-state index in [4.69, 9.17) is 11.6 Å². The number of hydrogen-bond acceptors (Lipinski definition) is 2. The van der Waals surface area contributed by atoms with Crippen LogP contribution in [0.25, 0.3) is 0 Å². The Hall–Kier alpha value is -2.11. The predicted molar refractivity (Wildman–Crippen MR) is 108 cm³/mol. The lowest BCUT2D eigenvalue weighted by atomic mass is 10.1. The van der Waals surface area contributed by atoms with Crippen molar-refractivity contribution in [1.82, 2.24) is 15.1 Å². The molecular formula is C20H19BrClN3O. The third-order valence-corrected chi connectivity index (χ3v) is 5.11. The number of rotatable bonds is 5. The third-order valence-electron chi connectivity index (χ3n) is 4.31. The first-order chi connectivity index (χ1) is 12.5. The van der Waals surface area contributed by atoms with Gasteiger partial charge in [0.25, 0.3) is 5.91 Å². The van der Waals surface area contributed by atoms with Crippen LogP contribution in [-0.4, -0.2) is 15.7 Å². The van der Waals surface area contributed by atoms with E-state index < -0.39 is 0 Å².